The number of ketones is 1. The van der Waals surface area contributed by atoms with Crippen LogP contribution in [0.1, 0.15) is 6.42 Å². The molecule has 0 aromatic rings. The molecular formula is C10H14N2O5. The highest BCUT2D eigenvalue weighted by atomic mass is 16.4. The van der Waals surface area contributed by atoms with E-state index < -0.39 is 30.2 Å². The van der Waals surface area contributed by atoms with Crippen molar-refractivity contribution in [2.24, 2.45) is 0 Å². The average Bonchev–Trinajstić information content (AvgIpc) is 2.19. The predicted molar refractivity (Wildman–Crippen MR) is 57.4 cm³/mol. The lowest BCUT2D eigenvalue weighted by Gasteiger charge is -2.29. The number of nitrogens with one attached hydrogen (secondary N) is 1. The SMILES string of the molecule is CN(C)C1CNC(C(=O)O)=C(CC(=O)O)C1=O. The van der Waals surface area contributed by atoms with Gasteiger partial charge in [-0.2, -0.15) is 0 Å². The molecule has 0 saturated carbocycles. The minimum atomic E-state index is -1.31. The molecule has 7 heteroatoms. The van der Waals surface area contributed by atoms with E-state index in [2.05, 4.69) is 5.32 Å². The summed E-state index contributed by atoms with van der Waals surface area (Å²) in [5.74, 6) is -2.99. The molecule has 1 unspecified atom stereocenters. The van der Waals surface area contributed by atoms with Crippen LogP contribution in [0.3, 0.4) is 0 Å². The van der Waals surface area contributed by atoms with Crippen molar-refractivity contribution in [2.45, 2.75) is 12.5 Å². The molecule has 0 fully saturated rings. The fourth-order valence-corrected chi connectivity index (χ4v) is 1.67. The van der Waals surface area contributed by atoms with Crippen molar-refractivity contribution in [1.29, 1.82) is 0 Å². The number of carbonyl (C=O) groups excluding carboxylic acids is 1. The van der Waals surface area contributed by atoms with E-state index in [9.17, 15) is 14.4 Å². The van der Waals surface area contributed by atoms with Gasteiger partial charge in [-0.05, 0) is 14.1 Å². The minimum absolute atomic E-state index is 0.163. The number of rotatable bonds is 4. The van der Waals surface area contributed by atoms with Crippen LogP contribution >= 0.6 is 0 Å². The number of aliphatic carboxylic acids is 2. The van der Waals surface area contributed by atoms with Gasteiger partial charge in [0.1, 0.15) is 5.70 Å². The van der Waals surface area contributed by atoms with Gasteiger partial charge in [-0.1, -0.05) is 0 Å². The van der Waals surface area contributed by atoms with Crippen LogP contribution in [0.2, 0.25) is 0 Å². The van der Waals surface area contributed by atoms with Crippen LogP contribution in [-0.2, 0) is 14.4 Å². The minimum Gasteiger partial charge on any atom is -0.481 e. The maximum Gasteiger partial charge on any atom is 0.352 e. The maximum absolute atomic E-state index is 12.0. The summed E-state index contributed by atoms with van der Waals surface area (Å²) in [7, 11) is 3.35. The molecule has 0 aromatic carbocycles. The van der Waals surface area contributed by atoms with E-state index in [0.29, 0.717) is 0 Å². The van der Waals surface area contributed by atoms with Gasteiger partial charge in [-0.25, -0.2) is 4.79 Å². The monoisotopic (exact) mass is 242 g/mol. The van der Waals surface area contributed by atoms with E-state index in [1.54, 1.807) is 19.0 Å². The Morgan fingerprint density at radius 3 is 2.41 bits per heavy atom. The van der Waals surface area contributed by atoms with E-state index >= 15 is 0 Å². The van der Waals surface area contributed by atoms with Gasteiger partial charge in [0.2, 0.25) is 0 Å². The van der Waals surface area contributed by atoms with Crippen molar-refractivity contribution >= 4 is 17.7 Å². The zero-order chi connectivity index (χ0) is 13.2. The lowest BCUT2D eigenvalue weighted by molar-refractivity contribution is -0.137. The fraction of sp³-hybridized carbons (Fsp3) is 0.500. The zero-order valence-electron chi connectivity index (χ0n) is 9.56. The molecule has 0 radical (unpaired) electrons. The zero-order valence-corrected chi connectivity index (χ0v) is 9.56. The molecule has 0 aromatic heterocycles. The molecular weight excluding hydrogens is 228 g/mol. The van der Waals surface area contributed by atoms with Gasteiger partial charge < -0.3 is 15.5 Å². The second kappa shape index (κ2) is 4.96. The van der Waals surface area contributed by atoms with E-state index in [4.69, 9.17) is 10.2 Å². The van der Waals surface area contributed by atoms with E-state index in [0.717, 1.165) is 0 Å². The molecule has 1 aliphatic rings. The number of carboxylic acid groups (broad SMARTS) is 2. The predicted octanol–water partition coefficient (Wildman–Crippen LogP) is -1.10. The third-order valence-corrected chi connectivity index (χ3v) is 2.54. The Labute approximate surface area is 97.7 Å². The summed E-state index contributed by atoms with van der Waals surface area (Å²) in [6.45, 7) is 0.163. The number of carbonyl (C=O) groups is 3. The van der Waals surface area contributed by atoms with Gasteiger partial charge in [0.15, 0.2) is 5.78 Å². The van der Waals surface area contributed by atoms with Crippen LogP contribution in [0.25, 0.3) is 0 Å². The summed E-state index contributed by atoms with van der Waals surface area (Å²) in [4.78, 5) is 35.1. The van der Waals surface area contributed by atoms with Gasteiger partial charge >= 0.3 is 11.9 Å². The molecule has 0 spiro atoms. The van der Waals surface area contributed by atoms with Crippen LogP contribution in [0.4, 0.5) is 0 Å². The first-order chi connectivity index (χ1) is 7.84. The van der Waals surface area contributed by atoms with Crippen molar-refractivity contribution < 1.29 is 24.6 Å². The average molecular weight is 242 g/mol. The Bertz CT molecular complexity index is 400. The van der Waals surface area contributed by atoms with Gasteiger partial charge in [0.25, 0.3) is 0 Å². The number of hydrogen-bond donors (Lipinski definition) is 3. The Morgan fingerprint density at radius 1 is 1.41 bits per heavy atom. The molecule has 0 bridgehead atoms. The van der Waals surface area contributed by atoms with Crippen LogP contribution in [0.15, 0.2) is 11.3 Å². The number of hydrogen-bond acceptors (Lipinski definition) is 5. The molecule has 7 nitrogen and oxygen atoms in total. The highest BCUT2D eigenvalue weighted by Gasteiger charge is 2.34. The van der Waals surface area contributed by atoms with Gasteiger partial charge in [-0.3, -0.25) is 14.5 Å². The van der Waals surface area contributed by atoms with Crippen molar-refractivity contribution in [1.82, 2.24) is 10.2 Å². The summed E-state index contributed by atoms with van der Waals surface area (Å²) < 4.78 is 0. The first-order valence-corrected chi connectivity index (χ1v) is 4.97. The lowest BCUT2D eigenvalue weighted by Crippen LogP contribution is -2.49. The quantitative estimate of drug-likeness (QED) is 0.574. The molecule has 0 amide bonds. The summed E-state index contributed by atoms with van der Waals surface area (Å²) in [6.07, 6.45) is -0.586. The standard InChI is InChI=1S/C10H14N2O5/c1-12(2)6-4-11-8(10(16)17)5(9(6)15)3-7(13)14/h6,11H,3-4H2,1-2H3,(H,13,14)(H,16,17). The van der Waals surface area contributed by atoms with E-state index in [1.807, 2.05) is 0 Å². The number of Topliss-reactive ketones (excluding diaryl/α,β-unsaturated/α-hetero) is 1. The third kappa shape index (κ3) is 2.82. The first-order valence-electron chi connectivity index (χ1n) is 4.97. The molecule has 17 heavy (non-hydrogen) atoms. The Hall–Kier alpha value is -1.89. The topological polar surface area (TPSA) is 107 Å². The molecule has 1 heterocycles. The van der Waals surface area contributed by atoms with Crippen LogP contribution in [-0.4, -0.2) is 59.5 Å². The van der Waals surface area contributed by atoms with Gasteiger partial charge in [0.05, 0.1) is 12.5 Å². The van der Waals surface area contributed by atoms with Crippen molar-refractivity contribution in [3.63, 3.8) is 0 Å². The number of carboxylic acids is 2. The second-order valence-corrected chi connectivity index (χ2v) is 3.95. The normalized spacial score (nSPS) is 20.4. The van der Waals surface area contributed by atoms with Gasteiger partial charge in [-0.15, -0.1) is 0 Å². The van der Waals surface area contributed by atoms with Crippen molar-refractivity contribution in [3.05, 3.63) is 11.3 Å². The highest BCUT2D eigenvalue weighted by molar-refractivity contribution is 6.09. The number of likely N-dealkylation sites (N-methyl/N-ethyl adjacent to an activating group) is 1. The molecule has 94 valence electrons. The third-order valence-electron chi connectivity index (χ3n) is 2.54. The summed E-state index contributed by atoms with van der Waals surface area (Å²) in [6, 6.07) is -0.535. The maximum atomic E-state index is 12.0. The van der Waals surface area contributed by atoms with E-state index in [1.165, 1.54) is 0 Å². The molecule has 1 aliphatic heterocycles. The highest BCUT2D eigenvalue weighted by Crippen LogP contribution is 2.17. The molecule has 0 saturated heterocycles. The number of nitrogens with zero attached hydrogens (tertiary/aromatic N) is 1. The van der Waals surface area contributed by atoms with E-state index in [-0.39, 0.29) is 17.8 Å². The first kappa shape index (κ1) is 13.2. The molecule has 1 atom stereocenters. The smallest absolute Gasteiger partial charge is 0.352 e. The molecule has 1 rings (SSSR count). The van der Waals surface area contributed by atoms with Crippen molar-refractivity contribution in [2.75, 3.05) is 20.6 Å². The lowest BCUT2D eigenvalue weighted by atomic mass is 9.95. The fourth-order valence-electron chi connectivity index (χ4n) is 1.67. The molecule has 3 N–H and O–H groups in total. The largest absolute Gasteiger partial charge is 0.481 e. The van der Waals surface area contributed by atoms with Crippen LogP contribution in [0.5, 0.6) is 0 Å². The summed E-state index contributed by atoms with van der Waals surface area (Å²) in [5, 5.41) is 20.2. The Morgan fingerprint density at radius 2 is 2.00 bits per heavy atom. The molecule has 0 aliphatic carbocycles. The summed E-state index contributed by atoms with van der Waals surface area (Å²) >= 11 is 0. The second-order valence-electron chi connectivity index (χ2n) is 3.95. The van der Waals surface area contributed by atoms with Crippen molar-refractivity contribution in [3.8, 4) is 0 Å². The van der Waals surface area contributed by atoms with Crippen LogP contribution < -0.4 is 5.32 Å². The Balaban J connectivity index is 3.12. The van der Waals surface area contributed by atoms with Gasteiger partial charge in [0, 0.05) is 12.1 Å². The van der Waals surface area contributed by atoms with Crippen LogP contribution in [0, 0.1) is 0 Å². The Kier molecular flexibility index (Phi) is 3.84. The summed E-state index contributed by atoms with van der Waals surface area (Å²) in [5.41, 5.74) is -0.495.